The standard InChI is InChI=1S/C65H66N4O7S2/c1-46(2)61(58(71)43-60(73)74)69-63(76)57(45-78-65(52-32-15-6-16-33-52,53-34-17-7-18-35-53)54-36-19-8-20-37-54)68-62(75)56(41-47-24-23-25-48(40-47)44-66)67-59(72)42-55(70)38-21-22-39-77-64(49-26-9-3-10-27-49,50-28-11-4-12-29-50)51-30-13-5-14-31-51/h3-21,23-38,40,46,55-58,61,70-71H,22,39,41-43,45H2,1-2H3,(H,67,72)(H,68,75)(H,69,76)(H,73,74)/t55-,56-,57-,58+,61-/m1/s1. The predicted molar refractivity (Wildman–Crippen MR) is 311 cm³/mol. The second kappa shape index (κ2) is 28.6. The first kappa shape index (κ1) is 58.0. The Bertz CT molecular complexity index is 2900. The fourth-order valence-corrected chi connectivity index (χ4v) is 12.8. The summed E-state index contributed by atoms with van der Waals surface area (Å²) >= 11 is 3.20. The van der Waals surface area contributed by atoms with Crippen molar-refractivity contribution in [3.05, 3.63) is 263 Å². The summed E-state index contributed by atoms with van der Waals surface area (Å²) in [6, 6.07) is 65.7. The van der Waals surface area contributed by atoms with E-state index in [1.807, 2.05) is 152 Å². The van der Waals surface area contributed by atoms with Gasteiger partial charge in [-0.2, -0.15) is 5.26 Å². The number of carbonyl (C=O) groups is 4. The fourth-order valence-electron chi connectivity index (χ4n) is 9.74. The number of hydrogen-bond donors (Lipinski definition) is 6. The first-order valence-electron chi connectivity index (χ1n) is 26.1. The van der Waals surface area contributed by atoms with Crippen molar-refractivity contribution in [1.29, 1.82) is 5.26 Å². The minimum atomic E-state index is -1.45. The number of carboxylic acid groups (broad SMARTS) is 1. The highest BCUT2D eigenvalue weighted by molar-refractivity contribution is 8.00. The molecule has 7 rings (SSSR count). The first-order chi connectivity index (χ1) is 37.8. The van der Waals surface area contributed by atoms with Gasteiger partial charge < -0.3 is 31.3 Å². The number of aliphatic carboxylic acids is 1. The maximum Gasteiger partial charge on any atom is 0.306 e. The van der Waals surface area contributed by atoms with Crippen molar-refractivity contribution in [2.24, 2.45) is 5.92 Å². The van der Waals surface area contributed by atoms with Gasteiger partial charge in [0.25, 0.3) is 0 Å². The van der Waals surface area contributed by atoms with Crippen molar-refractivity contribution in [1.82, 2.24) is 16.0 Å². The maximum absolute atomic E-state index is 14.9. The average molecular weight is 1080 g/mol. The van der Waals surface area contributed by atoms with E-state index < -0.39 is 75.9 Å². The summed E-state index contributed by atoms with van der Waals surface area (Å²) in [4.78, 5) is 55.5. The van der Waals surface area contributed by atoms with E-state index in [4.69, 9.17) is 0 Å². The lowest BCUT2D eigenvalue weighted by molar-refractivity contribution is -0.140. The number of hydrogen-bond acceptors (Lipinski definition) is 9. The van der Waals surface area contributed by atoms with Crippen LogP contribution in [0.1, 0.15) is 77.6 Å². The zero-order valence-corrected chi connectivity index (χ0v) is 45.4. The van der Waals surface area contributed by atoms with Gasteiger partial charge in [-0.1, -0.05) is 220 Å². The van der Waals surface area contributed by atoms with Gasteiger partial charge >= 0.3 is 5.97 Å². The smallest absolute Gasteiger partial charge is 0.306 e. The second-order valence-electron chi connectivity index (χ2n) is 19.3. The van der Waals surface area contributed by atoms with E-state index in [2.05, 4.69) is 58.4 Å². The number of aliphatic hydroxyl groups is 2. The van der Waals surface area contributed by atoms with Gasteiger partial charge in [0.05, 0.1) is 52.2 Å². The van der Waals surface area contributed by atoms with Crippen molar-refractivity contribution >= 4 is 47.2 Å². The number of rotatable bonds is 27. The molecule has 0 aliphatic heterocycles. The maximum atomic E-state index is 14.9. The number of nitriles is 1. The van der Waals surface area contributed by atoms with Gasteiger partial charge in [-0.05, 0) is 69.2 Å². The number of allylic oxidation sites excluding steroid dienone is 1. The predicted octanol–water partition coefficient (Wildman–Crippen LogP) is 10.2. The van der Waals surface area contributed by atoms with Gasteiger partial charge in [0.1, 0.15) is 12.1 Å². The topological polar surface area (TPSA) is 189 Å². The lowest BCUT2D eigenvalue weighted by Crippen LogP contribution is -2.58. The van der Waals surface area contributed by atoms with Gasteiger partial charge in [-0.25, -0.2) is 0 Å². The van der Waals surface area contributed by atoms with Crippen molar-refractivity contribution in [2.45, 2.75) is 79.4 Å². The van der Waals surface area contributed by atoms with E-state index >= 15 is 0 Å². The highest BCUT2D eigenvalue weighted by Gasteiger charge is 2.40. The molecule has 7 aromatic carbocycles. The van der Waals surface area contributed by atoms with Crippen LogP contribution >= 0.6 is 23.5 Å². The normalized spacial score (nSPS) is 13.6. The number of nitrogens with one attached hydrogen (secondary N) is 3. The van der Waals surface area contributed by atoms with E-state index in [-0.39, 0.29) is 18.6 Å². The number of thioether (sulfide) groups is 2. The molecule has 13 heteroatoms. The van der Waals surface area contributed by atoms with E-state index in [1.165, 1.54) is 11.8 Å². The fraction of sp³-hybridized carbons (Fsp3) is 0.246. The van der Waals surface area contributed by atoms with Crippen LogP contribution < -0.4 is 16.0 Å². The van der Waals surface area contributed by atoms with E-state index in [0.29, 0.717) is 23.3 Å². The minimum absolute atomic E-state index is 0.0361. The van der Waals surface area contributed by atoms with E-state index in [0.717, 1.165) is 33.4 Å². The Morgan fingerprint density at radius 3 is 1.42 bits per heavy atom. The molecule has 0 aromatic heterocycles. The molecule has 0 unspecified atom stereocenters. The van der Waals surface area contributed by atoms with E-state index in [1.54, 1.807) is 56.0 Å². The van der Waals surface area contributed by atoms with Crippen LogP contribution in [0.3, 0.4) is 0 Å². The van der Waals surface area contributed by atoms with Crippen LogP contribution in [0.4, 0.5) is 0 Å². The molecule has 7 aromatic rings. The molecule has 400 valence electrons. The molecule has 0 aliphatic rings. The number of benzene rings is 7. The minimum Gasteiger partial charge on any atom is -0.481 e. The van der Waals surface area contributed by atoms with Crippen LogP contribution in [-0.4, -0.2) is 80.8 Å². The SMILES string of the molecule is CC(C)[C@@H](NC(=O)[C@@H](CSC(c1ccccc1)(c1ccccc1)c1ccccc1)NC(=O)[C@@H](Cc1cccc(C#N)c1)NC(=O)C[C@H](O)C=CCCSC(c1ccccc1)(c1ccccc1)c1ccccc1)[C@@H](O)CC(=O)O. The molecule has 11 nitrogen and oxygen atoms in total. The molecule has 0 saturated heterocycles. The zero-order chi connectivity index (χ0) is 55.3. The molecular weight excluding hydrogens is 1010 g/mol. The van der Waals surface area contributed by atoms with Gasteiger partial charge in [-0.3, -0.25) is 19.2 Å². The quantitative estimate of drug-likeness (QED) is 0.0164. The van der Waals surface area contributed by atoms with Crippen molar-refractivity contribution < 1.29 is 34.5 Å². The van der Waals surface area contributed by atoms with Crippen LogP contribution in [0.25, 0.3) is 0 Å². The monoisotopic (exact) mass is 1080 g/mol. The van der Waals surface area contributed by atoms with Crippen molar-refractivity contribution in [3.63, 3.8) is 0 Å². The zero-order valence-electron chi connectivity index (χ0n) is 43.7. The van der Waals surface area contributed by atoms with Crippen LogP contribution in [0.5, 0.6) is 0 Å². The summed E-state index contributed by atoms with van der Waals surface area (Å²) in [7, 11) is 0. The Labute approximate surface area is 466 Å². The van der Waals surface area contributed by atoms with Gasteiger partial charge in [0.15, 0.2) is 0 Å². The highest BCUT2D eigenvalue weighted by Crippen LogP contribution is 2.50. The Morgan fingerprint density at radius 2 is 1.00 bits per heavy atom. The Morgan fingerprint density at radius 1 is 0.564 bits per heavy atom. The molecule has 0 spiro atoms. The molecule has 0 fully saturated rings. The third-order valence-electron chi connectivity index (χ3n) is 13.5. The third kappa shape index (κ3) is 15.1. The number of carboxylic acids is 1. The molecule has 3 amide bonds. The molecule has 0 saturated carbocycles. The summed E-state index contributed by atoms with van der Waals surface area (Å²) in [5.74, 6) is -3.04. The van der Waals surface area contributed by atoms with Crippen molar-refractivity contribution in [2.75, 3.05) is 11.5 Å². The largest absolute Gasteiger partial charge is 0.481 e. The Kier molecular flexibility index (Phi) is 21.2. The Balaban J connectivity index is 1.14. The second-order valence-corrected chi connectivity index (χ2v) is 21.9. The molecule has 0 aliphatic carbocycles. The van der Waals surface area contributed by atoms with Crippen LogP contribution in [0, 0.1) is 17.2 Å². The lowest BCUT2D eigenvalue weighted by atomic mass is 9.84. The summed E-state index contributed by atoms with van der Waals surface area (Å²) < 4.78 is -1.45. The first-order valence-corrected chi connectivity index (χ1v) is 28.1. The van der Waals surface area contributed by atoms with Crippen LogP contribution in [0.15, 0.2) is 218 Å². The van der Waals surface area contributed by atoms with Gasteiger partial charge in [0.2, 0.25) is 17.7 Å². The number of carbonyl (C=O) groups excluding carboxylic acids is 3. The van der Waals surface area contributed by atoms with Gasteiger partial charge in [-0.15, -0.1) is 23.5 Å². The summed E-state index contributed by atoms with van der Waals surface area (Å²) in [5.41, 5.74) is 7.02. The molecular formula is C65H66N4O7S2. The summed E-state index contributed by atoms with van der Waals surface area (Å²) in [5, 5.41) is 50.4. The van der Waals surface area contributed by atoms with Crippen LogP contribution in [-0.2, 0) is 35.1 Å². The number of amides is 3. The number of aliphatic hydroxyl groups excluding tert-OH is 2. The molecule has 5 atom stereocenters. The third-order valence-corrected chi connectivity index (χ3v) is 16.7. The van der Waals surface area contributed by atoms with Crippen molar-refractivity contribution in [3.8, 4) is 6.07 Å². The highest BCUT2D eigenvalue weighted by atomic mass is 32.2. The summed E-state index contributed by atoms with van der Waals surface area (Å²) in [6.07, 6.45) is 0.290. The van der Waals surface area contributed by atoms with Gasteiger partial charge in [0, 0.05) is 12.2 Å². The van der Waals surface area contributed by atoms with E-state index in [9.17, 15) is 39.8 Å². The lowest BCUT2D eigenvalue weighted by Gasteiger charge is -2.37. The summed E-state index contributed by atoms with van der Waals surface area (Å²) in [6.45, 7) is 3.50. The molecule has 0 heterocycles. The molecule has 78 heavy (non-hydrogen) atoms. The molecule has 6 N–H and O–H groups in total. The molecule has 0 bridgehead atoms. The number of nitrogens with zero attached hydrogens (tertiary/aromatic N) is 1. The Hall–Kier alpha value is -7.73. The average Bonchev–Trinajstić information content (AvgIpc) is 3.54. The van der Waals surface area contributed by atoms with Crippen LogP contribution in [0.2, 0.25) is 0 Å². The molecule has 0 radical (unpaired) electrons.